The number of aryl methyl sites for hydroxylation is 2. The lowest BCUT2D eigenvalue weighted by Gasteiger charge is -2.34. The van der Waals surface area contributed by atoms with Crippen molar-refractivity contribution < 1.29 is 14.1 Å². The van der Waals surface area contributed by atoms with Gasteiger partial charge in [-0.25, -0.2) is 0 Å². The second-order valence-electron chi connectivity index (χ2n) is 4.78. The third kappa shape index (κ3) is 2.62. The summed E-state index contributed by atoms with van der Waals surface area (Å²) < 4.78 is 5.06. The number of nitrogens with one attached hydrogen (secondary N) is 1. The summed E-state index contributed by atoms with van der Waals surface area (Å²) in [4.78, 5) is 25.8. The van der Waals surface area contributed by atoms with E-state index in [0.29, 0.717) is 25.3 Å². The van der Waals surface area contributed by atoms with Gasteiger partial charge >= 0.3 is 0 Å². The zero-order valence-corrected chi connectivity index (χ0v) is 11.5. The molecule has 1 aliphatic rings. The van der Waals surface area contributed by atoms with Crippen molar-refractivity contribution >= 4 is 11.8 Å². The summed E-state index contributed by atoms with van der Waals surface area (Å²) in [7, 11) is 0. The maximum absolute atomic E-state index is 12.4. The van der Waals surface area contributed by atoms with Gasteiger partial charge < -0.3 is 14.7 Å². The van der Waals surface area contributed by atoms with E-state index in [2.05, 4.69) is 10.5 Å². The van der Waals surface area contributed by atoms with Gasteiger partial charge in [-0.15, -0.1) is 0 Å². The number of carbonyl (C=O) groups is 2. The number of hydrogen-bond donors (Lipinski definition) is 1. The smallest absolute Gasteiger partial charge is 0.242 e. The predicted molar refractivity (Wildman–Crippen MR) is 68.5 cm³/mol. The second-order valence-corrected chi connectivity index (χ2v) is 4.78. The first-order valence-corrected chi connectivity index (χ1v) is 6.53. The molecular formula is C13H19N3O3. The van der Waals surface area contributed by atoms with E-state index < -0.39 is 0 Å². The summed E-state index contributed by atoms with van der Waals surface area (Å²) in [5.41, 5.74) is 1.56. The van der Waals surface area contributed by atoms with Gasteiger partial charge in [-0.05, 0) is 20.3 Å². The summed E-state index contributed by atoms with van der Waals surface area (Å²) in [6, 6.07) is -0.360. The maximum Gasteiger partial charge on any atom is 0.242 e. The molecule has 1 atom stereocenters. The number of nitrogens with zero attached hydrogens (tertiary/aromatic N) is 2. The van der Waals surface area contributed by atoms with Gasteiger partial charge in [-0.3, -0.25) is 9.59 Å². The molecule has 1 unspecified atom stereocenters. The minimum Gasteiger partial charge on any atom is -0.361 e. The molecule has 2 rings (SSSR count). The number of aromatic nitrogens is 1. The molecule has 2 amide bonds. The molecule has 19 heavy (non-hydrogen) atoms. The van der Waals surface area contributed by atoms with E-state index in [1.807, 2.05) is 13.8 Å². The van der Waals surface area contributed by atoms with Crippen LogP contribution in [0.1, 0.15) is 30.4 Å². The van der Waals surface area contributed by atoms with Crippen LogP contribution in [0, 0.1) is 13.8 Å². The van der Waals surface area contributed by atoms with Crippen LogP contribution in [-0.4, -0.2) is 41.0 Å². The number of carbonyl (C=O) groups excluding carboxylic acids is 2. The molecule has 104 valence electrons. The van der Waals surface area contributed by atoms with E-state index in [4.69, 9.17) is 4.52 Å². The molecule has 6 heteroatoms. The zero-order chi connectivity index (χ0) is 14.0. The first-order chi connectivity index (χ1) is 9.04. The highest BCUT2D eigenvalue weighted by Crippen LogP contribution is 2.16. The Morgan fingerprint density at radius 2 is 2.26 bits per heavy atom. The summed E-state index contributed by atoms with van der Waals surface area (Å²) >= 11 is 0. The normalized spacial score (nSPS) is 19.4. The Labute approximate surface area is 112 Å². The predicted octanol–water partition coefficient (Wildman–Crippen LogP) is 0.571. The second kappa shape index (κ2) is 5.42. The van der Waals surface area contributed by atoms with Crippen molar-refractivity contribution in [3.63, 3.8) is 0 Å². The summed E-state index contributed by atoms with van der Waals surface area (Å²) in [5, 5.41) is 6.63. The molecule has 0 aromatic carbocycles. The summed E-state index contributed by atoms with van der Waals surface area (Å²) in [5.74, 6) is 0.553. The van der Waals surface area contributed by atoms with Crippen molar-refractivity contribution in [1.82, 2.24) is 15.4 Å². The first kappa shape index (κ1) is 13.6. The van der Waals surface area contributed by atoms with Gasteiger partial charge in [0.25, 0.3) is 0 Å². The third-order valence-electron chi connectivity index (χ3n) is 3.55. The van der Waals surface area contributed by atoms with Crippen LogP contribution in [0.15, 0.2) is 4.52 Å². The van der Waals surface area contributed by atoms with E-state index in [1.54, 1.807) is 11.8 Å². The molecule has 0 saturated carbocycles. The van der Waals surface area contributed by atoms with Gasteiger partial charge in [0.2, 0.25) is 11.8 Å². The van der Waals surface area contributed by atoms with Crippen molar-refractivity contribution in [1.29, 1.82) is 0 Å². The Bertz CT molecular complexity index is 476. The zero-order valence-electron chi connectivity index (χ0n) is 11.5. The molecule has 1 aromatic heterocycles. The molecule has 1 saturated heterocycles. The molecule has 0 bridgehead atoms. The minimum absolute atomic E-state index is 0.0453. The van der Waals surface area contributed by atoms with Gasteiger partial charge in [-0.1, -0.05) is 12.1 Å². The van der Waals surface area contributed by atoms with Crippen molar-refractivity contribution in [3.05, 3.63) is 17.0 Å². The Hall–Kier alpha value is -1.85. The standard InChI is InChI=1S/C13H19N3O3/c1-4-11-13(18)14-5-6-16(11)12(17)7-10-8(2)15-19-9(10)3/h11H,4-7H2,1-3H3,(H,14,18). The monoisotopic (exact) mass is 265 g/mol. The van der Waals surface area contributed by atoms with Crippen LogP contribution in [0.2, 0.25) is 0 Å². The molecule has 2 heterocycles. The molecule has 1 fully saturated rings. The molecule has 0 spiro atoms. The average molecular weight is 265 g/mol. The molecule has 1 aliphatic heterocycles. The number of piperazine rings is 1. The van der Waals surface area contributed by atoms with Crippen LogP contribution in [0.5, 0.6) is 0 Å². The molecule has 1 N–H and O–H groups in total. The maximum atomic E-state index is 12.4. The number of hydrogen-bond acceptors (Lipinski definition) is 4. The van der Waals surface area contributed by atoms with Gasteiger partial charge in [0.1, 0.15) is 11.8 Å². The van der Waals surface area contributed by atoms with Crippen LogP contribution in [0.25, 0.3) is 0 Å². The third-order valence-corrected chi connectivity index (χ3v) is 3.55. The van der Waals surface area contributed by atoms with E-state index in [9.17, 15) is 9.59 Å². The summed E-state index contributed by atoms with van der Waals surface area (Å²) in [6.07, 6.45) is 0.865. The highest BCUT2D eigenvalue weighted by molar-refractivity contribution is 5.89. The van der Waals surface area contributed by atoms with Crippen LogP contribution >= 0.6 is 0 Å². The van der Waals surface area contributed by atoms with Crippen molar-refractivity contribution in [2.75, 3.05) is 13.1 Å². The van der Waals surface area contributed by atoms with Crippen molar-refractivity contribution in [2.24, 2.45) is 0 Å². The van der Waals surface area contributed by atoms with Crippen LogP contribution in [0.4, 0.5) is 0 Å². The van der Waals surface area contributed by atoms with E-state index in [-0.39, 0.29) is 24.3 Å². The molecule has 0 aliphatic carbocycles. The summed E-state index contributed by atoms with van der Waals surface area (Å²) in [6.45, 7) is 6.60. The van der Waals surface area contributed by atoms with Crippen molar-refractivity contribution in [2.45, 2.75) is 39.7 Å². The van der Waals surface area contributed by atoms with Crippen molar-refractivity contribution in [3.8, 4) is 0 Å². The highest BCUT2D eigenvalue weighted by Gasteiger charge is 2.32. The molecule has 6 nitrogen and oxygen atoms in total. The Kier molecular flexibility index (Phi) is 3.87. The van der Waals surface area contributed by atoms with Gasteiger partial charge in [0.05, 0.1) is 12.1 Å². The average Bonchev–Trinajstić information content (AvgIpc) is 2.70. The quantitative estimate of drug-likeness (QED) is 0.867. The van der Waals surface area contributed by atoms with Crippen LogP contribution < -0.4 is 5.32 Å². The molecule has 1 aromatic rings. The Balaban J connectivity index is 2.13. The number of amides is 2. The van der Waals surface area contributed by atoms with Gasteiger partial charge in [-0.2, -0.15) is 0 Å². The highest BCUT2D eigenvalue weighted by atomic mass is 16.5. The Morgan fingerprint density at radius 1 is 1.53 bits per heavy atom. The van der Waals surface area contributed by atoms with E-state index >= 15 is 0 Å². The lowest BCUT2D eigenvalue weighted by atomic mass is 10.1. The fourth-order valence-corrected chi connectivity index (χ4v) is 2.43. The van der Waals surface area contributed by atoms with E-state index in [1.165, 1.54) is 0 Å². The van der Waals surface area contributed by atoms with Crippen LogP contribution in [0.3, 0.4) is 0 Å². The lowest BCUT2D eigenvalue weighted by Crippen LogP contribution is -2.57. The van der Waals surface area contributed by atoms with Gasteiger partial charge in [0, 0.05) is 18.7 Å². The topological polar surface area (TPSA) is 75.4 Å². The lowest BCUT2D eigenvalue weighted by molar-refractivity contribution is -0.142. The Morgan fingerprint density at radius 3 is 2.84 bits per heavy atom. The largest absolute Gasteiger partial charge is 0.361 e. The minimum atomic E-state index is -0.360. The fraction of sp³-hybridized carbons (Fsp3) is 0.615. The SMILES string of the molecule is CCC1C(=O)NCCN1C(=O)Cc1c(C)noc1C. The molecular weight excluding hydrogens is 246 g/mol. The van der Waals surface area contributed by atoms with Gasteiger partial charge in [0.15, 0.2) is 0 Å². The first-order valence-electron chi connectivity index (χ1n) is 6.53. The fourth-order valence-electron chi connectivity index (χ4n) is 2.43. The molecule has 0 radical (unpaired) electrons. The van der Waals surface area contributed by atoms with E-state index in [0.717, 1.165) is 11.3 Å². The van der Waals surface area contributed by atoms with Crippen LogP contribution in [-0.2, 0) is 16.0 Å². The number of rotatable bonds is 3.